The number of fused-ring (bicyclic) bond motifs is 2. The van der Waals surface area contributed by atoms with Crippen molar-refractivity contribution in [2.75, 3.05) is 0 Å². The predicted octanol–water partition coefficient (Wildman–Crippen LogP) is 5.69. The maximum Gasteiger partial charge on any atom is 0.418 e. The summed E-state index contributed by atoms with van der Waals surface area (Å²) in [4.78, 5) is 51.3. The van der Waals surface area contributed by atoms with Crippen LogP contribution in [-0.4, -0.2) is 9.13 Å². The third-order valence-corrected chi connectivity index (χ3v) is 7.01. The number of alkyl halides is 6. The largest absolute Gasteiger partial charge is 0.444 e. The molecule has 5 aromatic rings. The number of halogens is 14. The van der Waals surface area contributed by atoms with E-state index in [9.17, 15) is 63.1 Å². The molecule has 3 aromatic carbocycles. The standard InChI is InChI=1S/C26H6F14N2O5/c1-3-10(27)14(31)19(15(32)11(3)28)47-20-16(33)12(29)18(13(30)17(20)34)42-23(45)6-7(24(42)46)9(26(38,39)40)5-4(8(6)25(35,36)37)21(43)41(2)22(5)44/h1-2H3. The van der Waals surface area contributed by atoms with Gasteiger partial charge in [-0.05, 0) is 6.92 Å². The van der Waals surface area contributed by atoms with Crippen molar-refractivity contribution in [2.45, 2.75) is 19.3 Å². The number of rotatable bonds is 3. The molecule has 0 N–H and O–H groups in total. The molecule has 248 valence electrons. The summed E-state index contributed by atoms with van der Waals surface area (Å²) in [6, 6.07) is 0. The summed E-state index contributed by atoms with van der Waals surface area (Å²) in [5, 5.41) is -8.94. The lowest BCUT2D eigenvalue weighted by Crippen LogP contribution is -2.27. The SMILES string of the molecule is Cc1c(F)c(F)c(Oc2c(F)c(F)c(-n3c(=O)c4c(C(F)(F)F)c5c(=O)n(C)c(=O)c5c(C(F)(F)F)c4c3=O)c(F)c2F)c(F)c1F. The van der Waals surface area contributed by atoms with Crippen LogP contribution in [0.3, 0.4) is 0 Å². The van der Waals surface area contributed by atoms with E-state index < -0.39 is 141 Å². The molecule has 0 aliphatic carbocycles. The van der Waals surface area contributed by atoms with Gasteiger partial charge in [-0.25, -0.2) is 22.1 Å². The van der Waals surface area contributed by atoms with E-state index in [4.69, 9.17) is 0 Å². The molecule has 0 saturated carbocycles. The minimum absolute atomic E-state index is 0.225. The Labute approximate surface area is 245 Å². The summed E-state index contributed by atoms with van der Waals surface area (Å²) in [6.45, 7) is 0.491. The second-order valence-corrected chi connectivity index (χ2v) is 9.61. The summed E-state index contributed by atoms with van der Waals surface area (Å²) in [6.07, 6.45) is -12.1. The van der Waals surface area contributed by atoms with Gasteiger partial charge in [-0.15, -0.1) is 0 Å². The van der Waals surface area contributed by atoms with Crippen molar-refractivity contribution in [2.24, 2.45) is 7.05 Å². The average Bonchev–Trinajstić information content (AvgIpc) is 3.35. The van der Waals surface area contributed by atoms with Crippen molar-refractivity contribution >= 4 is 21.5 Å². The van der Waals surface area contributed by atoms with Crippen LogP contribution in [0.15, 0.2) is 19.2 Å². The highest BCUT2D eigenvalue weighted by Gasteiger charge is 2.47. The molecule has 47 heavy (non-hydrogen) atoms. The summed E-state index contributed by atoms with van der Waals surface area (Å²) in [5.41, 5.74) is -18.8. The minimum Gasteiger partial charge on any atom is -0.444 e. The van der Waals surface area contributed by atoms with E-state index in [1.165, 1.54) is 0 Å². The van der Waals surface area contributed by atoms with Gasteiger partial charge in [-0.2, -0.15) is 43.9 Å². The first-order chi connectivity index (χ1) is 21.5. The second-order valence-electron chi connectivity index (χ2n) is 9.61. The summed E-state index contributed by atoms with van der Waals surface area (Å²) >= 11 is 0. The van der Waals surface area contributed by atoms with E-state index in [1.54, 1.807) is 0 Å². The molecule has 5 rings (SSSR count). The van der Waals surface area contributed by atoms with Gasteiger partial charge in [0.1, 0.15) is 5.69 Å². The van der Waals surface area contributed by atoms with Crippen LogP contribution in [0.25, 0.3) is 27.2 Å². The lowest BCUT2D eigenvalue weighted by molar-refractivity contribution is -0.137. The Morgan fingerprint density at radius 2 is 0.787 bits per heavy atom. The van der Waals surface area contributed by atoms with Crippen molar-refractivity contribution in [1.82, 2.24) is 9.13 Å². The number of benzene rings is 3. The van der Waals surface area contributed by atoms with E-state index in [1.807, 2.05) is 0 Å². The highest BCUT2D eigenvalue weighted by atomic mass is 19.4. The quantitative estimate of drug-likeness (QED) is 0.179. The molecule has 2 heterocycles. The van der Waals surface area contributed by atoms with Crippen LogP contribution >= 0.6 is 0 Å². The normalized spacial score (nSPS) is 12.6. The van der Waals surface area contributed by atoms with Crippen LogP contribution in [0.1, 0.15) is 16.7 Å². The van der Waals surface area contributed by atoms with Crippen molar-refractivity contribution in [3.63, 3.8) is 0 Å². The fourth-order valence-corrected chi connectivity index (χ4v) is 4.92. The molecule has 2 aromatic heterocycles. The molecule has 21 heteroatoms. The maximum atomic E-state index is 15.2. The molecular formula is C26H6F14N2O5. The molecule has 0 bridgehead atoms. The van der Waals surface area contributed by atoms with Gasteiger partial charge in [0, 0.05) is 12.6 Å². The Morgan fingerprint density at radius 3 is 1.11 bits per heavy atom. The van der Waals surface area contributed by atoms with Gasteiger partial charge in [-0.1, -0.05) is 0 Å². The van der Waals surface area contributed by atoms with Gasteiger partial charge in [0.15, 0.2) is 23.3 Å². The van der Waals surface area contributed by atoms with Crippen LogP contribution in [0, 0.1) is 53.5 Å². The Balaban J connectivity index is 1.96. The van der Waals surface area contributed by atoms with Crippen LogP contribution in [-0.2, 0) is 19.4 Å². The molecule has 0 radical (unpaired) electrons. The lowest BCUT2D eigenvalue weighted by Gasteiger charge is -2.14. The van der Waals surface area contributed by atoms with Gasteiger partial charge in [0.25, 0.3) is 22.2 Å². The fourth-order valence-electron chi connectivity index (χ4n) is 4.92. The van der Waals surface area contributed by atoms with Crippen molar-refractivity contribution in [3.8, 4) is 17.2 Å². The van der Waals surface area contributed by atoms with Crippen LogP contribution in [0.2, 0.25) is 0 Å². The van der Waals surface area contributed by atoms with E-state index in [0.29, 0.717) is 14.0 Å². The molecular weight excluding hydrogens is 686 g/mol. The van der Waals surface area contributed by atoms with Crippen LogP contribution in [0.5, 0.6) is 11.5 Å². The molecule has 7 nitrogen and oxygen atoms in total. The van der Waals surface area contributed by atoms with Gasteiger partial charge in [0.2, 0.25) is 34.8 Å². The Kier molecular flexibility index (Phi) is 7.14. The van der Waals surface area contributed by atoms with Gasteiger partial charge >= 0.3 is 12.4 Å². The first-order valence-corrected chi connectivity index (χ1v) is 11.9. The predicted molar refractivity (Wildman–Crippen MR) is 128 cm³/mol. The van der Waals surface area contributed by atoms with Gasteiger partial charge in [-0.3, -0.25) is 23.7 Å². The molecule has 0 aliphatic heterocycles. The van der Waals surface area contributed by atoms with E-state index in [2.05, 4.69) is 4.74 Å². The second kappa shape index (κ2) is 10.1. The lowest BCUT2D eigenvalue weighted by atomic mass is 9.96. The molecule has 0 fully saturated rings. The zero-order valence-electron chi connectivity index (χ0n) is 22.2. The van der Waals surface area contributed by atoms with Crippen LogP contribution < -0.4 is 27.0 Å². The van der Waals surface area contributed by atoms with Crippen molar-refractivity contribution in [1.29, 1.82) is 0 Å². The number of ether oxygens (including phenoxy) is 1. The Bertz CT molecular complexity index is 2290. The van der Waals surface area contributed by atoms with E-state index in [-0.39, 0.29) is 4.57 Å². The number of hydrogen-bond donors (Lipinski definition) is 0. The minimum atomic E-state index is -6.05. The topological polar surface area (TPSA) is 87.4 Å². The van der Waals surface area contributed by atoms with Gasteiger partial charge < -0.3 is 4.74 Å². The Morgan fingerprint density at radius 1 is 0.489 bits per heavy atom. The number of nitrogens with zero attached hydrogens (tertiary/aromatic N) is 2. The van der Waals surface area contributed by atoms with E-state index in [0.717, 1.165) is 0 Å². The molecule has 0 unspecified atom stereocenters. The summed E-state index contributed by atoms with van der Waals surface area (Å²) < 4.78 is 205. The zero-order chi connectivity index (χ0) is 35.6. The average molecular weight is 692 g/mol. The van der Waals surface area contributed by atoms with Gasteiger partial charge in [0.05, 0.1) is 32.7 Å². The highest BCUT2D eigenvalue weighted by molar-refractivity contribution is 6.06. The van der Waals surface area contributed by atoms with Crippen LogP contribution in [0.4, 0.5) is 61.5 Å². The molecule has 0 spiro atoms. The fraction of sp³-hybridized carbons (Fsp3) is 0.154. The third kappa shape index (κ3) is 4.34. The maximum absolute atomic E-state index is 15.2. The smallest absolute Gasteiger partial charge is 0.418 e. The summed E-state index contributed by atoms with van der Waals surface area (Å²) in [7, 11) is 0.448. The summed E-state index contributed by atoms with van der Waals surface area (Å²) in [5.74, 6) is -26.3. The van der Waals surface area contributed by atoms with Crippen molar-refractivity contribution in [3.05, 3.63) is 105 Å². The zero-order valence-corrected chi connectivity index (χ0v) is 22.2. The highest BCUT2D eigenvalue weighted by Crippen LogP contribution is 2.44. The first kappa shape index (κ1) is 33.1. The molecule has 0 aliphatic rings. The molecule has 0 amide bonds. The molecule has 0 saturated heterocycles. The van der Waals surface area contributed by atoms with Crippen molar-refractivity contribution < 1.29 is 66.2 Å². The number of aromatic nitrogens is 2. The Hall–Kier alpha value is -5.24. The first-order valence-electron chi connectivity index (χ1n) is 11.9. The monoisotopic (exact) mass is 692 g/mol. The number of hydrogen-bond acceptors (Lipinski definition) is 5. The third-order valence-electron chi connectivity index (χ3n) is 7.01. The van der Waals surface area contributed by atoms with E-state index >= 15 is 17.6 Å². The molecule has 0 atom stereocenters.